The summed E-state index contributed by atoms with van der Waals surface area (Å²) in [5.41, 5.74) is 10.6. The van der Waals surface area contributed by atoms with E-state index in [9.17, 15) is 14.4 Å². The summed E-state index contributed by atoms with van der Waals surface area (Å²) in [5.74, 6) is 0.546. The lowest BCUT2D eigenvalue weighted by atomic mass is 10.0. The summed E-state index contributed by atoms with van der Waals surface area (Å²) in [5, 5.41) is 9.25. The van der Waals surface area contributed by atoms with Gasteiger partial charge >= 0.3 is 6.03 Å². The Balaban J connectivity index is 1.46. The lowest BCUT2D eigenvalue weighted by Crippen LogP contribution is -2.36. The number of rotatable bonds is 11. The molecule has 0 aromatic rings. The molecule has 4 atom stereocenters. The molecule has 4 unspecified atom stereocenters. The van der Waals surface area contributed by atoms with Gasteiger partial charge in [-0.05, 0) is 32.1 Å². The van der Waals surface area contributed by atoms with Gasteiger partial charge in [0.2, 0.25) is 11.8 Å². The predicted molar refractivity (Wildman–Crippen MR) is 98.0 cm³/mol. The number of carbonyl (C=O) groups excluding carboxylic acids is 3. The first-order valence-electron chi connectivity index (χ1n) is 8.97. The van der Waals surface area contributed by atoms with Gasteiger partial charge in [-0.2, -0.15) is 11.8 Å². The molecule has 2 heterocycles. The van der Waals surface area contributed by atoms with Gasteiger partial charge in [0, 0.05) is 24.0 Å². The van der Waals surface area contributed by atoms with Crippen LogP contribution in [0.3, 0.4) is 0 Å². The van der Waals surface area contributed by atoms with Gasteiger partial charge in [-0.25, -0.2) is 4.79 Å². The topological polar surface area (TPSA) is 139 Å². The molecule has 0 spiro atoms. The maximum atomic E-state index is 11.8. The lowest BCUT2D eigenvalue weighted by molar-refractivity contribution is -0.121. The first kappa shape index (κ1) is 19.8. The van der Waals surface area contributed by atoms with E-state index in [-0.39, 0.29) is 24.0 Å². The number of hydrogen-bond donors (Lipinski definition) is 5. The van der Waals surface area contributed by atoms with Crippen LogP contribution in [0.1, 0.15) is 44.9 Å². The van der Waals surface area contributed by atoms with Crippen LogP contribution in [0.15, 0.2) is 0 Å². The molecule has 2 saturated heterocycles. The average Bonchev–Trinajstić information content (AvgIpc) is 3.10. The molecule has 0 aromatic carbocycles. The van der Waals surface area contributed by atoms with E-state index in [1.807, 2.05) is 11.8 Å². The summed E-state index contributed by atoms with van der Waals surface area (Å²) in [6.45, 7) is 0.601. The number of amides is 4. The molecule has 0 aromatic heterocycles. The third-order valence-corrected chi connectivity index (χ3v) is 6.22. The van der Waals surface area contributed by atoms with Crippen molar-refractivity contribution in [1.29, 1.82) is 0 Å². The normalized spacial score (nSPS) is 25.8. The molecular weight excluding hydrogens is 342 g/mol. The zero-order valence-corrected chi connectivity index (χ0v) is 15.3. The van der Waals surface area contributed by atoms with Crippen molar-refractivity contribution in [1.82, 2.24) is 16.0 Å². The molecule has 2 rings (SSSR count). The van der Waals surface area contributed by atoms with Crippen molar-refractivity contribution in [2.24, 2.45) is 11.5 Å². The number of carbonyl (C=O) groups is 3. The number of unbranched alkanes of at least 4 members (excludes halogenated alkanes) is 2. The second-order valence-corrected chi connectivity index (χ2v) is 7.99. The summed E-state index contributed by atoms with van der Waals surface area (Å²) in [6, 6.07) is -0.161. The zero-order valence-electron chi connectivity index (χ0n) is 14.5. The van der Waals surface area contributed by atoms with Crippen molar-refractivity contribution in [3.63, 3.8) is 0 Å². The van der Waals surface area contributed by atoms with Gasteiger partial charge in [0.15, 0.2) is 0 Å². The number of thioether (sulfide) groups is 1. The van der Waals surface area contributed by atoms with E-state index in [0.29, 0.717) is 24.6 Å². The molecule has 8 nitrogen and oxygen atoms in total. The van der Waals surface area contributed by atoms with E-state index >= 15 is 0 Å². The van der Waals surface area contributed by atoms with Crippen LogP contribution in [-0.2, 0) is 9.59 Å². The Morgan fingerprint density at radius 1 is 1.24 bits per heavy atom. The Hall–Kier alpha value is -1.48. The van der Waals surface area contributed by atoms with Crippen molar-refractivity contribution in [2.45, 2.75) is 68.3 Å². The summed E-state index contributed by atoms with van der Waals surface area (Å²) in [6.07, 6.45) is 5.50. The van der Waals surface area contributed by atoms with Crippen molar-refractivity contribution in [2.75, 3.05) is 12.3 Å². The quantitative estimate of drug-likeness (QED) is 0.253. The molecule has 0 aliphatic carbocycles. The van der Waals surface area contributed by atoms with E-state index in [4.69, 9.17) is 11.5 Å². The second kappa shape index (κ2) is 9.86. The van der Waals surface area contributed by atoms with Crippen LogP contribution in [0.4, 0.5) is 4.79 Å². The third-order valence-electron chi connectivity index (χ3n) is 4.71. The molecule has 142 valence electrons. The van der Waals surface area contributed by atoms with Crippen LogP contribution in [0, 0.1) is 0 Å². The minimum absolute atomic E-state index is 0.0588. The number of primary amides is 1. The predicted octanol–water partition coefficient (Wildman–Crippen LogP) is -0.189. The van der Waals surface area contributed by atoms with Gasteiger partial charge < -0.3 is 27.4 Å². The van der Waals surface area contributed by atoms with Crippen molar-refractivity contribution in [3.8, 4) is 0 Å². The molecule has 7 N–H and O–H groups in total. The van der Waals surface area contributed by atoms with E-state index in [2.05, 4.69) is 16.0 Å². The monoisotopic (exact) mass is 371 g/mol. The molecule has 2 aliphatic rings. The highest BCUT2D eigenvalue weighted by Gasteiger charge is 2.42. The van der Waals surface area contributed by atoms with Crippen LogP contribution in [0.2, 0.25) is 0 Å². The molecule has 0 bridgehead atoms. The van der Waals surface area contributed by atoms with E-state index in [0.717, 1.165) is 37.9 Å². The number of nitrogens with two attached hydrogens (primary N) is 2. The Kier molecular flexibility index (Phi) is 7.83. The van der Waals surface area contributed by atoms with Crippen molar-refractivity contribution < 1.29 is 14.4 Å². The van der Waals surface area contributed by atoms with Gasteiger partial charge in [0.25, 0.3) is 0 Å². The number of fused-ring (bicyclic) bond motifs is 1. The SMILES string of the molecule is NC(=O)C(N)CCCCNC(=O)CCCCC1SCC2NC(=O)NC21. The molecule has 9 heteroatoms. The van der Waals surface area contributed by atoms with Crippen LogP contribution in [0.5, 0.6) is 0 Å². The van der Waals surface area contributed by atoms with Crippen LogP contribution >= 0.6 is 11.8 Å². The van der Waals surface area contributed by atoms with Crippen molar-refractivity contribution in [3.05, 3.63) is 0 Å². The molecule has 25 heavy (non-hydrogen) atoms. The largest absolute Gasteiger partial charge is 0.368 e. The van der Waals surface area contributed by atoms with E-state index in [1.165, 1.54) is 0 Å². The lowest BCUT2D eigenvalue weighted by Gasteiger charge is -2.16. The fourth-order valence-electron chi connectivity index (χ4n) is 3.22. The van der Waals surface area contributed by atoms with Crippen molar-refractivity contribution >= 4 is 29.6 Å². The highest BCUT2D eigenvalue weighted by atomic mass is 32.2. The minimum atomic E-state index is -0.594. The fourth-order valence-corrected chi connectivity index (χ4v) is 4.77. The van der Waals surface area contributed by atoms with Gasteiger partial charge in [0.1, 0.15) is 0 Å². The van der Waals surface area contributed by atoms with Gasteiger partial charge in [0.05, 0.1) is 18.1 Å². The summed E-state index contributed by atoms with van der Waals surface area (Å²) < 4.78 is 0. The Bertz CT molecular complexity index is 490. The Morgan fingerprint density at radius 2 is 2.04 bits per heavy atom. The highest BCUT2D eigenvalue weighted by molar-refractivity contribution is 8.00. The maximum absolute atomic E-state index is 11.8. The van der Waals surface area contributed by atoms with Gasteiger partial charge in [-0.1, -0.05) is 6.42 Å². The van der Waals surface area contributed by atoms with Gasteiger partial charge in [-0.3, -0.25) is 9.59 Å². The van der Waals surface area contributed by atoms with E-state index < -0.39 is 11.9 Å². The first-order valence-corrected chi connectivity index (χ1v) is 10.0. The smallest absolute Gasteiger partial charge is 0.315 e. The van der Waals surface area contributed by atoms with E-state index in [1.54, 1.807) is 0 Å². The summed E-state index contributed by atoms with van der Waals surface area (Å²) >= 11 is 1.90. The third kappa shape index (κ3) is 6.39. The standard InChI is InChI=1S/C16H29N5O3S/c17-10(15(18)23)5-3-4-8-19-13(22)7-2-1-6-12-14-11(9-25-12)20-16(24)21-14/h10-12,14H,1-9,17H2,(H2,18,23)(H,19,22)(H2,20,21,24). The molecule has 0 saturated carbocycles. The average molecular weight is 372 g/mol. The molecule has 2 fully saturated rings. The van der Waals surface area contributed by atoms with Crippen LogP contribution < -0.4 is 27.4 Å². The highest BCUT2D eigenvalue weighted by Crippen LogP contribution is 2.33. The molecule has 0 radical (unpaired) electrons. The number of urea groups is 1. The minimum Gasteiger partial charge on any atom is -0.368 e. The van der Waals surface area contributed by atoms with Crippen LogP contribution in [-0.4, -0.2) is 53.5 Å². The Labute approximate surface area is 152 Å². The van der Waals surface area contributed by atoms with Gasteiger partial charge in [-0.15, -0.1) is 0 Å². The first-order chi connectivity index (χ1) is 12.0. The molecule has 2 aliphatic heterocycles. The number of hydrogen-bond acceptors (Lipinski definition) is 5. The second-order valence-electron chi connectivity index (χ2n) is 6.72. The molecular formula is C16H29N5O3S. The maximum Gasteiger partial charge on any atom is 0.315 e. The fraction of sp³-hybridized carbons (Fsp3) is 0.812. The Morgan fingerprint density at radius 3 is 2.80 bits per heavy atom. The zero-order chi connectivity index (χ0) is 18.2. The van der Waals surface area contributed by atoms with Crippen LogP contribution in [0.25, 0.3) is 0 Å². The summed E-state index contributed by atoms with van der Waals surface area (Å²) in [7, 11) is 0. The molecule has 4 amide bonds. The number of nitrogens with one attached hydrogen (secondary N) is 3. The summed E-state index contributed by atoms with van der Waals surface area (Å²) in [4.78, 5) is 33.9.